The van der Waals surface area contributed by atoms with E-state index in [1.165, 1.54) is 17.7 Å². The second-order valence-electron chi connectivity index (χ2n) is 7.17. The Bertz CT molecular complexity index is 895. The summed E-state index contributed by atoms with van der Waals surface area (Å²) in [5.41, 5.74) is 3.14. The van der Waals surface area contributed by atoms with E-state index in [1.54, 1.807) is 18.3 Å². The zero-order chi connectivity index (χ0) is 19.3. The molecule has 0 atom stereocenters. The zero-order valence-electron chi connectivity index (χ0n) is 15.9. The fourth-order valence-electron chi connectivity index (χ4n) is 2.61. The van der Waals surface area contributed by atoms with Crippen molar-refractivity contribution in [3.8, 4) is 11.5 Å². The lowest BCUT2D eigenvalue weighted by Crippen LogP contribution is -2.14. The Kier molecular flexibility index (Phi) is 5.70. The van der Waals surface area contributed by atoms with Crippen LogP contribution in [0.3, 0.4) is 0 Å². The van der Waals surface area contributed by atoms with Crippen molar-refractivity contribution in [1.29, 1.82) is 0 Å². The van der Waals surface area contributed by atoms with Crippen LogP contribution in [0.1, 0.15) is 38.3 Å². The summed E-state index contributed by atoms with van der Waals surface area (Å²) in [5, 5.41) is 0. The molecular formula is C24H24FNO. The SMILES string of the molecule is CCC(C)(C)c1ccc(Oc2ccc(N=Cc3ccc(F)cc3)cc2)cc1. The van der Waals surface area contributed by atoms with Crippen LogP contribution in [0, 0.1) is 5.82 Å². The fraction of sp³-hybridized carbons (Fsp3) is 0.208. The van der Waals surface area contributed by atoms with Gasteiger partial charge in [-0.15, -0.1) is 0 Å². The fourth-order valence-corrected chi connectivity index (χ4v) is 2.61. The predicted octanol–water partition coefficient (Wildman–Crippen LogP) is 7.06. The normalized spacial score (nSPS) is 11.7. The molecule has 0 aromatic heterocycles. The summed E-state index contributed by atoms with van der Waals surface area (Å²) in [7, 11) is 0. The molecule has 0 N–H and O–H groups in total. The van der Waals surface area contributed by atoms with Gasteiger partial charge in [0.2, 0.25) is 0 Å². The van der Waals surface area contributed by atoms with E-state index < -0.39 is 0 Å². The Hall–Kier alpha value is -2.94. The molecule has 0 aliphatic carbocycles. The maximum atomic E-state index is 12.9. The number of rotatable bonds is 6. The highest BCUT2D eigenvalue weighted by Crippen LogP contribution is 2.30. The molecule has 0 saturated heterocycles. The van der Waals surface area contributed by atoms with Gasteiger partial charge < -0.3 is 4.74 Å². The number of benzene rings is 3. The minimum absolute atomic E-state index is 0.169. The molecule has 0 heterocycles. The van der Waals surface area contributed by atoms with Crippen molar-refractivity contribution >= 4 is 11.9 Å². The maximum Gasteiger partial charge on any atom is 0.127 e. The molecule has 3 aromatic carbocycles. The van der Waals surface area contributed by atoms with Crippen LogP contribution in [0.5, 0.6) is 11.5 Å². The van der Waals surface area contributed by atoms with E-state index >= 15 is 0 Å². The summed E-state index contributed by atoms with van der Waals surface area (Å²) < 4.78 is 18.8. The van der Waals surface area contributed by atoms with Gasteiger partial charge in [0.25, 0.3) is 0 Å². The summed E-state index contributed by atoms with van der Waals surface area (Å²) in [6, 6.07) is 22.1. The van der Waals surface area contributed by atoms with E-state index in [-0.39, 0.29) is 11.2 Å². The molecule has 3 heteroatoms. The predicted molar refractivity (Wildman–Crippen MR) is 110 cm³/mol. The molecular weight excluding hydrogens is 337 g/mol. The molecule has 2 nitrogen and oxygen atoms in total. The Morgan fingerprint density at radius 2 is 1.41 bits per heavy atom. The molecule has 0 spiro atoms. The number of aliphatic imine (C=N–C) groups is 1. The van der Waals surface area contributed by atoms with E-state index in [0.717, 1.165) is 29.2 Å². The van der Waals surface area contributed by atoms with Crippen molar-refractivity contribution in [3.63, 3.8) is 0 Å². The lowest BCUT2D eigenvalue weighted by atomic mass is 9.82. The summed E-state index contributed by atoms with van der Waals surface area (Å²) >= 11 is 0. The first-order valence-corrected chi connectivity index (χ1v) is 9.14. The number of halogens is 1. The van der Waals surface area contributed by atoms with Crippen molar-refractivity contribution in [2.24, 2.45) is 4.99 Å². The second-order valence-corrected chi connectivity index (χ2v) is 7.17. The largest absolute Gasteiger partial charge is 0.457 e. The van der Waals surface area contributed by atoms with Gasteiger partial charge in [-0.05, 0) is 71.5 Å². The minimum atomic E-state index is -0.250. The van der Waals surface area contributed by atoms with Crippen molar-refractivity contribution in [2.75, 3.05) is 0 Å². The van der Waals surface area contributed by atoms with Crippen molar-refractivity contribution < 1.29 is 9.13 Å². The average Bonchev–Trinajstić information content (AvgIpc) is 2.69. The van der Waals surface area contributed by atoms with Gasteiger partial charge in [-0.3, -0.25) is 4.99 Å². The molecule has 3 aromatic rings. The van der Waals surface area contributed by atoms with Crippen molar-refractivity contribution in [2.45, 2.75) is 32.6 Å². The summed E-state index contributed by atoms with van der Waals surface area (Å²) in [6.45, 7) is 6.69. The van der Waals surface area contributed by atoms with Crippen LogP contribution >= 0.6 is 0 Å². The molecule has 0 aliphatic heterocycles. The first-order chi connectivity index (χ1) is 13.0. The topological polar surface area (TPSA) is 21.6 Å². The molecule has 0 unspecified atom stereocenters. The monoisotopic (exact) mass is 361 g/mol. The quantitative estimate of drug-likeness (QED) is 0.431. The van der Waals surface area contributed by atoms with Gasteiger partial charge in [0.15, 0.2) is 0 Å². The third kappa shape index (κ3) is 5.04. The van der Waals surface area contributed by atoms with Gasteiger partial charge in [0.1, 0.15) is 17.3 Å². The van der Waals surface area contributed by atoms with Gasteiger partial charge in [0, 0.05) is 6.21 Å². The number of ether oxygens (including phenoxy) is 1. The van der Waals surface area contributed by atoms with Crippen LogP contribution in [0.15, 0.2) is 77.8 Å². The number of nitrogens with zero attached hydrogens (tertiary/aromatic N) is 1. The van der Waals surface area contributed by atoms with Crippen molar-refractivity contribution in [1.82, 2.24) is 0 Å². The maximum absolute atomic E-state index is 12.9. The molecule has 0 amide bonds. The van der Waals surface area contributed by atoms with E-state index in [4.69, 9.17) is 4.74 Å². The van der Waals surface area contributed by atoms with Crippen molar-refractivity contribution in [3.05, 3.63) is 89.7 Å². The standard InChI is InChI=1S/C24H24FNO/c1-4-24(2,3)19-7-13-22(14-8-19)27-23-15-11-21(12-16-23)26-17-18-5-9-20(25)10-6-18/h5-17H,4H2,1-3H3. The van der Waals surface area contributed by atoms with E-state index in [0.29, 0.717) is 0 Å². The summed E-state index contributed by atoms with van der Waals surface area (Å²) in [6.07, 6.45) is 2.80. The Balaban J connectivity index is 1.64. The minimum Gasteiger partial charge on any atom is -0.457 e. The Labute approximate surface area is 160 Å². The second kappa shape index (κ2) is 8.17. The third-order valence-corrected chi connectivity index (χ3v) is 4.82. The average molecular weight is 361 g/mol. The van der Waals surface area contributed by atoms with Crippen LogP contribution in [-0.4, -0.2) is 6.21 Å². The number of hydrogen-bond acceptors (Lipinski definition) is 2. The first kappa shape index (κ1) is 18.8. The first-order valence-electron chi connectivity index (χ1n) is 9.14. The molecule has 27 heavy (non-hydrogen) atoms. The van der Waals surface area contributed by atoms with Crippen LogP contribution in [0.4, 0.5) is 10.1 Å². The highest BCUT2D eigenvalue weighted by atomic mass is 19.1. The molecule has 0 bridgehead atoms. The zero-order valence-corrected chi connectivity index (χ0v) is 15.9. The molecule has 0 aliphatic rings. The van der Waals surface area contributed by atoms with Gasteiger partial charge >= 0.3 is 0 Å². The number of hydrogen-bond donors (Lipinski definition) is 0. The highest BCUT2D eigenvalue weighted by molar-refractivity contribution is 5.81. The Morgan fingerprint density at radius 3 is 1.96 bits per heavy atom. The molecule has 0 fully saturated rings. The van der Waals surface area contributed by atoms with Crippen LogP contribution in [0.2, 0.25) is 0 Å². The smallest absolute Gasteiger partial charge is 0.127 e. The summed E-state index contributed by atoms with van der Waals surface area (Å²) in [5.74, 6) is 1.33. The van der Waals surface area contributed by atoms with Crippen LogP contribution < -0.4 is 4.74 Å². The van der Waals surface area contributed by atoms with E-state index in [1.807, 2.05) is 36.4 Å². The van der Waals surface area contributed by atoms with E-state index in [2.05, 4.69) is 37.9 Å². The highest BCUT2D eigenvalue weighted by Gasteiger charge is 2.17. The van der Waals surface area contributed by atoms with Gasteiger partial charge in [-0.1, -0.05) is 45.0 Å². The lowest BCUT2D eigenvalue weighted by Gasteiger charge is -2.23. The summed E-state index contributed by atoms with van der Waals surface area (Å²) in [4.78, 5) is 4.40. The van der Waals surface area contributed by atoms with Crippen LogP contribution in [-0.2, 0) is 5.41 Å². The molecule has 3 rings (SSSR count). The van der Waals surface area contributed by atoms with E-state index in [9.17, 15) is 4.39 Å². The lowest BCUT2D eigenvalue weighted by molar-refractivity contribution is 0.478. The molecule has 0 saturated carbocycles. The van der Waals surface area contributed by atoms with Gasteiger partial charge in [-0.25, -0.2) is 4.39 Å². The van der Waals surface area contributed by atoms with Gasteiger partial charge in [0.05, 0.1) is 5.69 Å². The third-order valence-electron chi connectivity index (χ3n) is 4.82. The molecule has 138 valence electrons. The van der Waals surface area contributed by atoms with Gasteiger partial charge in [-0.2, -0.15) is 0 Å². The van der Waals surface area contributed by atoms with Crippen LogP contribution in [0.25, 0.3) is 0 Å². The Morgan fingerprint density at radius 1 is 0.852 bits per heavy atom. The molecule has 0 radical (unpaired) electrons.